The summed E-state index contributed by atoms with van der Waals surface area (Å²) in [6, 6.07) is 6.10. The second-order valence-corrected chi connectivity index (χ2v) is 7.95. The molecule has 0 amide bonds. The Hall–Kier alpha value is -1.64. The zero-order valence-electron chi connectivity index (χ0n) is 16.8. The van der Waals surface area contributed by atoms with Gasteiger partial charge in [-0.05, 0) is 36.8 Å². The maximum absolute atomic E-state index is 13.3. The van der Waals surface area contributed by atoms with Gasteiger partial charge in [-0.3, -0.25) is 9.59 Å². The normalized spacial score (nSPS) is 19.7. The summed E-state index contributed by atoms with van der Waals surface area (Å²) < 4.78 is 5.43. The van der Waals surface area contributed by atoms with Crippen molar-refractivity contribution in [2.45, 2.75) is 79.2 Å². The smallest absolute Gasteiger partial charge is 0.308 e. The van der Waals surface area contributed by atoms with Gasteiger partial charge in [0.15, 0.2) is 5.78 Å². The summed E-state index contributed by atoms with van der Waals surface area (Å²) in [5, 5.41) is 0. The number of ether oxygens (including phenoxy) is 1. The first-order valence-corrected chi connectivity index (χ1v) is 10.3. The van der Waals surface area contributed by atoms with Gasteiger partial charge in [0.05, 0.1) is 5.92 Å². The van der Waals surface area contributed by atoms with Crippen LogP contribution in [0.25, 0.3) is 0 Å². The molecule has 0 aliphatic heterocycles. The Bertz CT molecular complexity index is 618. The maximum atomic E-state index is 13.3. The van der Waals surface area contributed by atoms with E-state index < -0.39 is 0 Å². The van der Waals surface area contributed by atoms with Gasteiger partial charge >= 0.3 is 5.97 Å². The summed E-state index contributed by atoms with van der Waals surface area (Å²) in [6.45, 7) is 8.18. The van der Waals surface area contributed by atoms with Crippen molar-refractivity contribution in [3.63, 3.8) is 0 Å². The fourth-order valence-electron chi connectivity index (χ4n) is 4.04. The van der Waals surface area contributed by atoms with E-state index in [4.69, 9.17) is 4.74 Å². The number of esters is 1. The second kappa shape index (κ2) is 9.89. The van der Waals surface area contributed by atoms with E-state index >= 15 is 0 Å². The first-order valence-electron chi connectivity index (χ1n) is 10.3. The molecule has 0 saturated heterocycles. The van der Waals surface area contributed by atoms with E-state index in [1.807, 2.05) is 26.0 Å². The van der Waals surface area contributed by atoms with E-state index in [0.29, 0.717) is 5.92 Å². The zero-order chi connectivity index (χ0) is 19.1. The molecule has 1 aromatic carbocycles. The molecule has 1 aromatic rings. The molecule has 1 aliphatic carbocycles. The largest absolute Gasteiger partial charge is 0.461 e. The molecule has 3 nitrogen and oxygen atoms in total. The zero-order valence-corrected chi connectivity index (χ0v) is 16.8. The maximum Gasteiger partial charge on any atom is 0.308 e. The topological polar surface area (TPSA) is 43.4 Å². The number of benzene rings is 1. The molecule has 1 fully saturated rings. The van der Waals surface area contributed by atoms with Crippen LogP contribution < -0.4 is 0 Å². The van der Waals surface area contributed by atoms with Crippen molar-refractivity contribution in [1.82, 2.24) is 0 Å². The highest BCUT2D eigenvalue weighted by Gasteiger charge is 2.33. The number of hydrogen-bond acceptors (Lipinski definition) is 3. The van der Waals surface area contributed by atoms with Gasteiger partial charge < -0.3 is 4.74 Å². The molecule has 2 rings (SSSR count). The van der Waals surface area contributed by atoms with Crippen LogP contribution in [0.4, 0.5) is 0 Å². The van der Waals surface area contributed by atoms with E-state index in [1.165, 1.54) is 5.56 Å². The molecular formula is C23H34O3. The van der Waals surface area contributed by atoms with Gasteiger partial charge in [0.1, 0.15) is 6.61 Å². The molecule has 0 aromatic heterocycles. The highest BCUT2D eigenvalue weighted by Crippen LogP contribution is 2.37. The van der Waals surface area contributed by atoms with E-state index in [0.717, 1.165) is 56.1 Å². The molecule has 26 heavy (non-hydrogen) atoms. The highest BCUT2D eigenvalue weighted by atomic mass is 16.5. The lowest BCUT2D eigenvalue weighted by atomic mass is 9.84. The first kappa shape index (κ1) is 20.7. The number of carbonyl (C=O) groups is 2. The van der Waals surface area contributed by atoms with Crippen LogP contribution in [0.5, 0.6) is 0 Å². The number of Topliss-reactive ketones (excluding diaryl/α,β-unsaturated/α-hetero) is 1. The van der Waals surface area contributed by atoms with Gasteiger partial charge in [0.2, 0.25) is 0 Å². The summed E-state index contributed by atoms with van der Waals surface area (Å²) in [5.74, 6) is 0.525. The van der Waals surface area contributed by atoms with Gasteiger partial charge in [0.25, 0.3) is 0 Å². The monoisotopic (exact) mass is 358 g/mol. The third-order valence-electron chi connectivity index (χ3n) is 5.48. The van der Waals surface area contributed by atoms with Crippen LogP contribution in [0.1, 0.15) is 87.7 Å². The number of rotatable bonds is 9. The predicted octanol–water partition coefficient (Wildman–Crippen LogP) is 5.74. The molecule has 0 N–H and O–H groups in total. The van der Waals surface area contributed by atoms with Crippen molar-refractivity contribution in [1.29, 1.82) is 0 Å². The summed E-state index contributed by atoms with van der Waals surface area (Å²) >= 11 is 0. The van der Waals surface area contributed by atoms with Crippen molar-refractivity contribution >= 4 is 11.8 Å². The van der Waals surface area contributed by atoms with Crippen molar-refractivity contribution < 1.29 is 14.3 Å². The van der Waals surface area contributed by atoms with Crippen LogP contribution in [-0.4, -0.2) is 11.8 Å². The summed E-state index contributed by atoms with van der Waals surface area (Å²) in [5.41, 5.74) is 2.83. The first-order chi connectivity index (χ1) is 12.5. The van der Waals surface area contributed by atoms with Gasteiger partial charge in [0, 0.05) is 17.0 Å². The van der Waals surface area contributed by atoms with Crippen molar-refractivity contribution in [3.8, 4) is 0 Å². The minimum atomic E-state index is -0.217. The van der Waals surface area contributed by atoms with Crippen LogP contribution in [0, 0.1) is 17.8 Å². The van der Waals surface area contributed by atoms with Crippen LogP contribution in [0.2, 0.25) is 0 Å². The lowest BCUT2D eigenvalue weighted by molar-refractivity contribution is -0.148. The van der Waals surface area contributed by atoms with Gasteiger partial charge in [-0.1, -0.05) is 65.5 Å². The number of hydrogen-bond donors (Lipinski definition) is 0. The van der Waals surface area contributed by atoms with Crippen LogP contribution >= 0.6 is 0 Å². The van der Waals surface area contributed by atoms with E-state index in [1.54, 1.807) is 0 Å². The Balaban J connectivity index is 2.25. The molecule has 2 atom stereocenters. The predicted molar refractivity (Wildman–Crippen MR) is 105 cm³/mol. The summed E-state index contributed by atoms with van der Waals surface area (Å²) in [4.78, 5) is 25.2. The summed E-state index contributed by atoms with van der Waals surface area (Å²) in [7, 11) is 0. The third kappa shape index (κ3) is 5.18. The molecule has 1 saturated carbocycles. The molecule has 0 bridgehead atoms. The molecule has 0 radical (unpaired) electrons. The lowest BCUT2D eigenvalue weighted by Crippen LogP contribution is -2.21. The van der Waals surface area contributed by atoms with Crippen molar-refractivity contribution in [2.24, 2.45) is 17.8 Å². The Kier molecular flexibility index (Phi) is 7.86. The Labute approximate surface area is 158 Å². The van der Waals surface area contributed by atoms with E-state index in [-0.39, 0.29) is 30.2 Å². The molecule has 0 heterocycles. The van der Waals surface area contributed by atoms with Crippen LogP contribution in [-0.2, 0) is 22.6 Å². The number of ketones is 1. The van der Waals surface area contributed by atoms with Crippen LogP contribution in [0.15, 0.2) is 18.2 Å². The van der Waals surface area contributed by atoms with Crippen molar-refractivity contribution in [3.05, 3.63) is 34.9 Å². The molecule has 144 valence electrons. The fourth-order valence-corrected chi connectivity index (χ4v) is 4.04. The SMILES string of the molecule is CCCc1ccc(COC(=O)C(C)C)c(C(=O)C2CCCC2CCC)c1. The number of carbonyl (C=O) groups excluding carboxylic acids is 2. The highest BCUT2D eigenvalue weighted by molar-refractivity contribution is 5.99. The second-order valence-electron chi connectivity index (χ2n) is 7.95. The van der Waals surface area contributed by atoms with Crippen molar-refractivity contribution in [2.75, 3.05) is 0 Å². The quantitative estimate of drug-likeness (QED) is 0.418. The Morgan fingerprint density at radius 1 is 1.15 bits per heavy atom. The minimum absolute atomic E-state index is 0.131. The van der Waals surface area contributed by atoms with Gasteiger partial charge in [-0.2, -0.15) is 0 Å². The van der Waals surface area contributed by atoms with Gasteiger partial charge in [-0.15, -0.1) is 0 Å². The Morgan fingerprint density at radius 2 is 1.92 bits per heavy atom. The lowest BCUT2D eigenvalue weighted by Gasteiger charge is -2.20. The average molecular weight is 359 g/mol. The molecule has 1 aliphatic rings. The summed E-state index contributed by atoms with van der Waals surface area (Å²) in [6.07, 6.45) is 7.58. The fraction of sp³-hybridized carbons (Fsp3) is 0.652. The average Bonchev–Trinajstić information content (AvgIpc) is 3.08. The van der Waals surface area contributed by atoms with Crippen LogP contribution in [0.3, 0.4) is 0 Å². The number of aryl methyl sites for hydroxylation is 1. The minimum Gasteiger partial charge on any atom is -0.461 e. The molecule has 0 spiro atoms. The van der Waals surface area contributed by atoms with Gasteiger partial charge in [-0.25, -0.2) is 0 Å². The molecule has 2 unspecified atom stereocenters. The molecule has 3 heteroatoms. The third-order valence-corrected chi connectivity index (χ3v) is 5.48. The van der Waals surface area contributed by atoms with E-state index in [2.05, 4.69) is 19.9 Å². The standard InChI is InChI=1S/C23H34O3/c1-5-8-17-12-13-19(15-26-23(25)16(3)4)21(14-17)22(24)20-11-7-10-18(20)9-6-2/h12-14,16,18,20H,5-11,15H2,1-4H3. The molecular weight excluding hydrogens is 324 g/mol. The Morgan fingerprint density at radius 3 is 2.58 bits per heavy atom. The van der Waals surface area contributed by atoms with E-state index in [9.17, 15) is 9.59 Å².